The first-order valence-electron chi connectivity index (χ1n) is 4.17. The first-order valence-corrected chi connectivity index (χ1v) is 4.17. The highest BCUT2D eigenvalue weighted by Crippen LogP contribution is 2.30. The van der Waals surface area contributed by atoms with E-state index in [1.165, 1.54) is 0 Å². The van der Waals surface area contributed by atoms with Crippen LogP contribution in [0.25, 0.3) is 6.08 Å². The average molecular weight is 176 g/mol. The van der Waals surface area contributed by atoms with E-state index in [1.807, 2.05) is 18.2 Å². The molecule has 0 spiro atoms. The van der Waals surface area contributed by atoms with Gasteiger partial charge in [0.2, 0.25) is 0 Å². The molecule has 0 bridgehead atoms. The molecule has 0 saturated carbocycles. The molecule has 1 aromatic carbocycles. The van der Waals surface area contributed by atoms with Crippen molar-refractivity contribution in [2.75, 3.05) is 5.73 Å². The molecule has 1 aliphatic carbocycles. The Bertz CT molecular complexity index is 369. The number of anilines is 1. The smallest absolute Gasteiger partial charge is 0.143 e. The first kappa shape index (κ1) is 8.29. The molecule has 0 radical (unpaired) electrons. The van der Waals surface area contributed by atoms with Crippen LogP contribution in [-0.2, 0) is 5.72 Å². The largest absolute Gasteiger partial charge is 0.399 e. The third-order valence-corrected chi connectivity index (χ3v) is 2.27. The molecule has 1 aromatic rings. The molecule has 3 heteroatoms. The van der Waals surface area contributed by atoms with Gasteiger partial charge >= 0.3 is 0 Å². The topological polar surface area (TPSA) is 72.3 Å². The minimum absolute atomic E-state index is 0.434. The summed E-state index contributed by atoms with van der Waals surface area (Å²) in [6, 6.07) is 5.38. The van der Waals surface area contributed by atoms with Crippen molar-refractivity contribution in [3.8, 4) is 0 Å². The predicted molar refractivity (Wildman–Crippen MR) is 52.6 cm³/mol. The van der Waals surface area contributed by atoms with Crippen molar-refractivity contribution in [3.63, 3.8) is 0 Å². The van der Waals surface area contributed by atoms with Crippen LogP contribution in [-0.4, -0.2) is 5.11 Å². The highest BCUT2D eigenvalue weighted by Gasteiger charge is 2.27. The summed E-state index contributed by atoms with van der Waals surface area (Å²) in [5, 5.41) is 9.82. The lowest BCUT2D eigenvalue weighted by atomic mass is 9.90. The lowest BCUT2D eigenvalue weighted by Gasteiger charge is -2.27. The monoisotopic (exact) mass is 176 g/mol. The second-order valence-corrected chi connectivity index (χ2v) is 3.38. The summed E-state index contributed by atoms with van der Waals surface area (Å²) in [4.78, 5) is 0. The van der Waals surface area contributed by atoms with Crippen molar-refractivity contribution in [1.82, 2.24) is 0 Å². The van der Waals surface area contributed by atoms with Crippen LogP contribution in [0.3, 0.4) is 0 Å². The molecule has 0 aliphatic heterocycles. The van der Waals surface area contributed by atoms with Crippen LogP contribution < -0.4 is 11.5 Å². The molecule has 2 rings (SSSR count). The maximum absolute atomic E-state index is 9.82. The molecule has 1 aliphatic rings. The van der Waals surface area contributed by atoms with Crippen molar-refractivity contribution in [3.05, 3.63) is 35.4 Å². The molecule has 1 atom stereocenters. The Morgan fingerprint density at radius 3 is 2.92 bits per heavy atom. The molecule has 5 N–H and O–H groups in total. The quantitative estimate of drug-likeness (QED) is 0.404. The van der Waals surface area contributed by atoms with Gasteiger partial charge in [-0.1, -0.05) is 18.2 Å². The fraction of sp³-hybridized carbons (Fsp3) is 0.200. The van der Waals surface area contributed by atoms with Crippen LogP contribution in [0.2, 0.25) is 0 Å². The van der Waals surface area contributed by atoms with Gasteiger partial charge in [-0.2, -0.15) is 0 Å². The van der Waals surface area contributed by atoms with Crippen molar-refractivity contribution in [2.24, 2.45) is 5.73 Å². The van der Waals surface area contributed by atoms with Crippen LogP contribution in [0.15, 0.2) is 24.3 Å². The third kappa shape index (κ3) is 1.32. The number of hydrogen-bond acceptors (Lipinski definition) is 3. The summed E-state index contributed by atoms with van der Waals surface area (Å²) in [5.41, 5.74) is 12.3. The summed E-state index contributed by atoms with van der Waals surface area (Å²) in [5.74, 6) is 0. The molecular formula is C10H12N2O. The van der Waals surface area contributed by atoms with E-state index in [-0.39, 0.29) is 0 Å². The van der Waals surface area contributed by atoms with Crippen LogP contribution in [0.5, 0.6) is 0 Å². The van der Waals surface area contributed by atoms with Crippen molar-refractivity contribution in [2.45, 2.75) is 12.1 Å². The highest BCUT2D eigenvalue weighted by molar-refractivity contribution is 5.62. The van der Waals surface area contributed by atoms with E-state index in [9.17, 15) is 5.11 Å². The van der Waals surface area contributed by atoms with Gasteiger partial charge in [0.05, 0.1) is 0 Å². The minimum atomic E-state index is -1.26. The maximum atomic E-state index is 9.82. The standard InChI is InChI=1S/C10H12N2O/c11-8-4-3-7-2-1-5-10(12,13)9(7)6-8/h1-4,6,13H,5,11-12H2. The van der Waals surface area contributed by atoms with Gasteiger partial charge in [0, 0.05) is 17.7 Å². The zero-order chi connectivity index (χ0) is 9.47. The average Bonchev–Trinajstić information content (AvgIpc) is 2.06. The molecule has 13 heavy (non-hydrogen) atoms. The van der Waals surface area contributed by atoms with Gasteiger partial charge in [0.25, 0.3) is 0 Å². The van der Waals surface area contributed by atoms with Gasteiger partial charge in [-0.15, -0.1) is 0 Å². The Labute approximate surface area is 76.7 Å². The number of hydrogen-bond donors (Lipinski definition) is 3. The fourth-order valence-corrected chi connectivity index (χ4v) is 1.57. The zero-order valence-electron chi connectivity index (χ0n) is 7.20. The van der Waals surface area contributed by atoms with Gasteiger partial charge < -0.3 is 10.8 Å². The third-order valence-electron chi connectivity index (χ3n) is 2.27. The lowest BCUT2D eigenvalue weighted by molar-refractivity contribution is 0.0456. The highest BCUT2D eigenvalue weighted by atomic mass is 16.3. The summed E-state index contributed by atoms with van der Waals surface area (Å²) in [6.45, 7) is 0. The predicted octanol–water partition coefficient (Wildman–Crippen LogP) is 0.790. The number of fused-ring (bicyclic) bond motifs is 1. The summed E-state index contributed by atoms with van der Waals surface area (Å²) >= 11 is 0. The molecular weight excluding hydrogens is 164 g/mol. The normalized spacial score (nSPS) is 25.7. The van der Waals surface area contributed by atoms with Gasteiger partial charge in [0.1, 0.15) is 5.72 Å². The van der Waals surface area contributed by atoms with E-state index in [4.69, 9.17) is 11.5 Å². The number of nitrogen functional groups attached to an aromatic ring is 1. The van der Waals surface area contributed by atoms with Crippen LogP contribution in [0.4, 0.5) is 5.69 Å². The Kier molecular flexibility index (Phi) is 1.65. The molecule has 0 fully saturated rings. The molecule has 68 valence electrons. The van der Waals surface area contributed by atoms with E-state index in [0.717, 1.165) is 5.56 Å². The zero-order valence-corrected chi connectivity index (χ0v) is 7.20. The Morgan fingerprint density at radius 1 is 1.38 bits per heavy atom. The summed E-state index contributed by atoms with van der Waals surface area (Å²) < 4.78 is 0. The van der Waals surface area contributed by atoms with E-state index >= 15 is 0 Å². The van der Waals surface area contributed by atoms with Gasteiger partial charge in [-0.25, -0.2) is 0 Å². The van der Waals surface area contributed by atoms with E-state index in [1.54, 1.807) is 12.1 Å². The van der Waals surface area contributed by atoms with Crippen molar-refractivity contribution in [1.29, 1.82) is 0 Å². The van der Waals surface area contributed by atoms with E-state index < -0.39 is 5.72 Å². The second-order valence-electron chi connectivity index (χ2n) is 3.38. The number of benzene rings is 1. The van der Waals surface area contributed by atoms with E-state index in [0.29, 0.717) is 17.7 Å². The summed E-state index contributed by atoms with van der Waals surface area (Å²) in [7, 11) is 0. The molecule has 0 heterocycles. The van der Waals surface area contributed by atoms with Gasteiger partial charge in [0.15, 0.2) is 0 Å². The van der Waals surface area contributed by atoms with Crippen LogP contribution >= 0.6 is 0 Å². The molecule has 0 amide bonds. The fourth-order valence-electron chi connectivity index (χ4n) is 1.57. The Balaban J connectivity index is 2.62. The van der Waals surface area contributed by atoms with Gasteiger partial charge in [-0.3, -0.25) is 5.73 Å². The van der Waals surface area contributed by atoms with Crippen molar-refractivity contribution >= 4 is 11.8 Å². The van der Waals surface area contributed by atoms with E-state index in [2.05, 4.69) is 0 Å². The second kappa shape index (κ2) is 2.58. The van der Waals surface area contributed by atoms with Crippen LogP contribution in [0.1, 0.15) is 17.5 Å². The number of rotatable bonds is 0. The summed E-state index contributed by atoms with van der Waals surface area (Å²) in [6.07, 6.45) is 4.23. The SMILES string of the molecule is Nc1ccc2c(c1)C(N)(O)CC=C2. The number of nitrogens with two attached hydrogens (primary N) is 2. The Morgan fingerprint density at radius 2 is 2.15 bits per heavy atom. The van der Waals surface area contributed by atoms with Crippen LogP contribution in [0, 0.1) is 0 Å². The number of aliphatic hydroxyl groups is 1. The molecule has 0 aromatic heterocycles. The first-order chi connectivity index (χ1) is 6.09. The minimum Gasteiger partial charge on any atom is -0.399 e. The Hall–Kier alpha value is -1.32. The van der Waals surface area contributed by atoms with Crippen molar-refractivity contribution < 1.29 is 5.11 Å². The molecule has 1 unspecified atom stereocenters. The van der Waals surface area contributed by atoms with Gasteiger partial charge in [-0.05, 0) is 17.7 Å². The molecule has 3 nitrogen and oxygen atoms in total. The molecule has 0 saturated heterocycles. The lowest BCUT2D eigenvalue weighted by Crippen LogP contribution is -2.37. The maximum Gasteiger partial charge on any atom is 0.143 e.